The number of nitrogens with zero attached hydrogens (tertiary/aromatic N) is 6. The molecule has 1 amide bonds. The van der Waals surface area contributed by atoms with E-state index in [4.69, 9.17) is 0 Å². The van der Waals surface area contributed by atoms with Gasteiger partial charge in [0.05, 0.1) is 0 Å². The summed E-state index contributed by atoms with van der Waals surface area (Å²) in [5, 5.41) is 15.6. The molecule has 9 heteroatoms. The Morgan fingerprint density at radius 1 is 1.07 bits per heavy atom. The normalized spacial score (nSPS) is 14.8. The van der Waals surface area contributed by atoms with Gasteiger partial charge in [0.15, 0.2) is 11.6 Å². The topological polar surface area (TPSA) is 88.8 Å². The monoisotopic (exact) mass is 489 g/mol. The molecule has 0 aliphatic carbocycles. The van der Waals surface area contributed by atoms with E-state index in [1.54, 1.807) is 11.0 Å². The van der Waals surface area contributed by atoms with E-state index in [0.717, 1.165) is 37.3 Å². The summed E-state index contributed by atoms with van der Waals surface area (Å²) in [7, 11) is 0. The minimum Gasteiger partial charge on any atom is -0.355 e. The Bertz CT molecular complexity index is 904. The molecule has 144 valence electrons. The maximum Gasteiger partial charge on any atom is 0.223 e. The first-order valence-electron chi connectivity index (χ1n) is 9.15. The highest BCUT2D eigenvalue weighted by atomic mass is 127. The van der Waals surface area contributed by atoms with Crippen molar-refractivity contribution in [1.29, 1.82) is 0 Å². The van der Waals surface area contributed by atoms with Crippen LogP contribution in [-0.4, -0.2) is 44.0 Å². The van der Waals surface area contributed by atoms with Crippen molar-refractivity contribution in [1.82, 2.24) is 30.3 Å². The van der Waals surface area contributed by atoms with E-state index >= 15 is 0 Å². The molecule has 2 aromatic heterocycles. The minimum atomic E-state index is 0.0440. The van der Waals surface area contributed by atoms with Gasteiger partial charge in [0.1, 0.15) is 12.7 Å². The van der Waals surface area contributed by atoms with Crippen LogP contribution in [0.15, 0.2) is 49.1 Å². The average molecular weight is 489 g/mol. The Balaban J connectivity index is 1.28. The van der Waals surface area contributed by atoms with Crippen molar-refractivity contribution in [3.8, 4) is 5.82 Å². The zero-order valence-electron chi connectivity index (χ0n) is 15.2. The number of hydrogen-bond acceptors (Lipinski definition) is 6. The van der Waals surface area contributed by atoms with Crippen molar-refractivity contribution in [2.75, 3.05) is 18.0 Å². The molecular formula is C19H20IN7O. The zero-order chi connectivity index (χ0) is 19.3. The van der Waals surface area contributed by atoms with Crippen molar-refractivity contribution in [2.45, 2.75) is 19.4 Å². The second-order valence-electron chi connectivity index (χ2n) is 6.70. The second kappa shape index (κ2) is 8.63. The Kier molecular flexibility index (Phi) is 5.79. The molecule has 0 spiro atoms. The maximum absolute atomic E-state index is 12.5. The van der Waals surface area contributed by atoms with Gasteiger partial charge in [-0.25, -0.2) is 9.67 Å². The molecule has 0 radical (unpaired) electrons. The number of hydrogen-bond donors (Lipinski definition) is 1. The maximum atomic E-state index is 12.5. The van der Waals surface area contributed by atoms with E-state index < -0.39 is 0 Å². The molecule has 1 fully saturated rings. The number of amides is 1. The number of rotatable bonds is 5. The van der Waals surface area contributed by atoms with Gasteiger partial charge in [-0.1, -0.05) is 12.1 Å². The van der Waals surface area contributed by atoms with E-state index in [1.807, 2.05) is 24.3 Å². The molecule has 0 saturated carbocycles. The summed E-state index contributed by atoms with van der Waals surface area (Å²) in [5.41, 5.74) is 1.12. The van der Waals surface area contributed by atoms with Crippen LogP contribution in [0.3, 0.4) is 0 Å². The third-order valence-corrected chi connectivity index (χ3v) is 5.58. The molecule has 28 heavy (non-hydrogen) atoms. The number of anilines is 1. The highest BCUT2D eigenvalue weighted by Crippen LogP contribution is 2.22. The van der Waals surface area contributed by atoms with E-state index in [-0.39, 0.29) is 11.8 Å². The predicted octanol–water partition coefficient (Wildman–Crippen LogP) is 2.19. The Hall–Kier alpha value is -2.56. The number of nitrogens with one attached hydrogen (secondary N) is 1. The summed E-state index contributed by atoms with van der Waals surface area (Å²) in [6.07, 6.45) is 4.67. The highest BCUT2D eigenvalue weighted by molar-refractivity contribution is 14.1. The first-order chi connectivity index (χ1) is 13.7. The van der Waals surface area contributed by atoms with Gasteiger partial charge in [-0.2, -0.15) is 5.10 Å². The van der Waals surface area contributed by atoms with Gasteiger partial charge in [-0.3, -0.25) is 4.79 Å². The SMILES string of the molecule is O=C(NCc1ccc(I)cc1)C1CCN(c2ccc(-n3cncn3)nn2)CC1. The van der Waals surface area contributed by atoms with Crippen molar-refractivity contribution in [2.24, 2.45) is 5.92 Å². The summed E-state index contributed by atoms with van der Waals surface area (Å²) in [6.45, 7) is 2.16. The Labute approximate surface area is 176 Å². The second-order valence-corrected chi connectivity index (χ2v) is 7.94. The van der Waals surface area contributed by atoms with E-state index in [0.29, 0.717) is 12.4 Å². The average Bonchev–Trinajstić information content (AvgIpc) is 3.28. The van der Waals surface area contributed by atoms with Crippen LogP contribution in [0, 0.1) is 9.49 Å². The van der Waals surface area contributed by atoms with Gasteiger partial charge in [-0.05, 0) is 65.3 Å². The Morgan fingerprint density at radius 3 is 2.43 bits per heavy atom. The van der Waals surface area contributed by atoms with Crippen molar-refractivity contribution in [3.63, 3.8) is 0 Å². The van der Waals surface area contributed by atoms with Gasteiger partial charge < -0.3 is 10.2 Å². The predicted molar refractivity (Wildman–Crippen MR) is 113 cm³/mol. The molecule has 3 aromatic rings. The Morgan fingerprint density at radius 2 is 1.79 bits per heavy atom. The van der Waals surface area contributed by atoms with Crippen molar-refractivity contribution >= 4 is 34.3 Å². The smallest absolute Gasteiger partial charge is 0.223 e. The molecule has 3 heterocycles. The molecular weight excluding hydrogens is 469 g/mol. The molecule has 1 aromatic carbocycles. The lowest BCUT2D eigenvalue weighted by atomic mass is 9.96. The number of benzene rings is 1. The fraction of sp³-hybridized carbons (Fsp3) is 0.316. The summed E-state index contributed by atoms with van der Waals surface area (Å²) >= 11 is 2.28. The molecule has 0 bridgehead atoms. The molecule has 1 aliphatic rings. The van der Waals surface area contributed by atoms with Crippen LogP contribution in [0.2, 0.25) is 0 Å². The number of aromatic nitrogens is 5. The van der Waals surface area contributed by atoms with Gasteiger partial charge in [0.25, 0.3) is 0 Å². The van der Waals surface area contributed by atoms with Gasteiger partial charge >= 0.3 is 0 Å². The van der Waals surface area contributed by atoms with Crippen LogP contribution in [0.1, 0.15) is 18.4 Å². The summed E-state index contributed by atoms with van der Waals surface area (Å²) < 4.78 is 2.76. The lowest BCUT2D eigenvalue weighted by molar-refractivity contribution is -0.125. The van der Waals surface area contributed by atoms with Crippen LogP contribution < -0.4 is 10.2 Å². The van der Waals surface area contributed by atoms with Crippen molar-refractivity contribution < 1.29 is 4.79 Å². The number of piperidine rings is 1. The minimum absolute atomic E-state index is 0.0440. The highest BCUT2D eigenvalue weighted by Gasteiger charge is 2.25. The molecule has 1 aliphatic heterocycles. The van der Waals surface area contributed by atoms with Gasteiger partial charge in [0, 0.05) is 29.1 Å². The van der Waals surface area contributed by atoms with E-state index in [9.17, 15) is 4.79 Å². The van der Waals surface area contributed by atoms with Crippen LogP contribution in [0.4, 0.5) is 5.82 Å². The largest absolute Gasteiger partial charge is 0.355 e. The number of halogens is 1. The lowest BCUT2D eigenvalue weighted by Gasteiger charge is -2.31. The molecule has 0 unspecified atom stereocenters. The first kappa shape index (κ1) is 18.8. The zero-order valence-corrected chi connectivity index (χ0v) is 17.4. The molecule has 1 N–H and O–H groups in total. The summed E-state index contributed by atoms with van der Waals surface area (Å²) in [5.74, 6) is 1.63. The molecule has 0 atom stereocenters. The van der Waals surface area contributed by atoms with Gasteiger partial charge in [-0.15, -0.1) is 10.2 Å². The van der Waals surface area contributed by atoms with Crippen LogP contribution in [0.5, 0.6) is 0 Å². The number of carbonyl (C=O) groups is 1. The van der Waals surface area contributed by atoms with Crippen molar-refractivity contribution in [3.05, 3.63) is 58.2 Å². The fourth-order valence-electron chi connectivity index (χ4n) is 3.24. The first-order valence-corrected chi connectivity index (χ1v) is 10.2. The van der Waals surface area contributed by atoms with Crippen LogP contribution in [0.25, 0.3) is 5.82 Å². The molecule has 8 nitrogen and oxygen atoms in total. The lowest BCUT2D eigenvalue weighted by Crippen LogP contribution is -2.40. The molecule has 1 saturated heterocycles. The summed E-state index contributed by atoms with van der Waals surface area (Å²) in [4.78, 5) is 18.6. The molecule has 4 rings (SSSR count). The number of carbonyl (C=O) groups excluding carboxylic acids is 1. The van der Waals surface area contributed by atoms with E-state index in [2.05, 4.69) is 65.2 Å². The quantitative estimate of drug-likeness (QED) is 0.553. The van der Waals surface area contributed by atoms with E-state index in [1.165, 1.54) is 9.90 Å². The fourth-order valence-corrected chi connectivity index (χ4v) is 3.60. The van der Waals surface area contributed by atoms with Crippen LogP contribution >= 0.6 is 22.6 Å². The third-order valence-electron chi connectivity index (χ3n) is 4.86. The van der Waals surface area contributed by atoms with Crippen LogP contribution in [-0.2, 0) is 11.3 Å². The third kappa shape index (κ3) is 4.46. The van der Waals surface area contributed by atoms with Gasteiger partial charge in [0.2, 0.25) is 5.91 Å². The summed E-state index contributed by atoms with van der Waals surface area (Å²) in [6, 6.07) is 12.0. The standard InChI is InChI=1S/C19H20IN7O/c20-16-3-1-14(2-4-16)11-22-19(28)15-7-9-26(10-8-15)17-5-6-18(25-24-17)27-13-21-12-23-27/h1-6,12-13,15H,7-11H2,(H,22,28).